The Kier molecular flexibility index (Phi) is 9.49. The van der Waals surface area contributed by atoms with Gasteiger partial charge in [0.25, 0.3) is 0 Å². The van der Waals surface area contributed by atoms with Gasteiger partial charge in [-0.3, -0.25) is 9.59 Å². The molecule has 4 nitrogen and oxygen atoms in total. The van der Waals surface area contributed by atoms with E-state index in [1.54, 1.807) is 0 Å². The van der Waals surface area contributed by atoms with Crippen LogP contribution in [0.2, 0.25) is 0 Å². The Morgan fingerprint density at radius 1 is 1.06 bits per heavy atom. The van der Waals surface area contributed by atoms with Crippen LogP contribution in [0, 0.1) is 0 Å². The standard InChI is InChI=1S/C13H24O4/c1-4-6-7-10-16-12(14)8-9-13(15)17-11(3)5-2/h11H,4-10H2,1-3H3. The van der Waals surface area contributed by atoms with Gasteiger partial charge in [-0.2, -0.15) is 0 Å². The Morgan fingerprint density at radius 2 is 1.71 bits per heavy atom. The molecule has 0 saturated carbocycles. The van der Waals surface area contributed by atoms with E-state index in [2.05, 4.69) is 6.92 Å². The zero-order chi connectivity index (χ0) is 13.1. The Balaban J connectivity index is 3.52. The predicted octanol–water partition coefficient (Wildman–Crippen LogP) is 2.84. The Hall–Kier alpha value is -1.06. The highest BCUT2D eigenvalue weighted by Crippen LogP contribution is 2.02. The largest absolute Gasteiger partial charge is 0.466 e. The van der Waals surface area contributed by atoms with Gasteiger partial charge in [-0.25, -0.2) is 0 Å². The lowest BCUT2D eigenvalue weighted by Crippen LogP contribution is -2.15. The van der Waals surface area contributed by atoms with Crippen molar-refractivity contribution in [3.8, 4) is 0 Å². The predicted molar refractivity (Wildman–Crippen MR) is 65.6 cm³/mol. The lowest BCUT2D eigenvalue weighted by Gasteiger charge is -2.10. The second kappa shape index (κ2) is 10.1. The molecule has 1 atom stereocenters. The number of carbonyl (C=O) groups excluding carboxylic acids is 2. The molecule has 0 aromatic carbocycles. The van der Waals surface area contributed by atoms with Crippen LogP contribution >= 0.6 is 0 Å². The highest BCUT2D eigenvalue weighted by molar-refractivity contribution is 5.77. The smallest absolute Gasteiger partial charge is 0.306 e. The molecule has 0 aliphatic heterocycles. The van der Waals surface area contributed by atoms with Gasteiger partial charge in [-0.1, -0.05) is 26.7 Å². The first-order chi connectivity index (χ1) is 8.10. The van der Waals surface area contributed by atoms with Crippen LogP contribution < -0.4 is 0 Å². The van der Waals surface area contributed by atoms with Crippen molar-refractivity contribution in [3.05, 3.63) is 0 Å². The molecule has 0 aromatic rings. The monoisotopic (exact) mass is 244 g/mol. The highest BCUT2D eigenvalue weighted by Gasteiger charge is 2.11. The van der Waals surface area contributed by atoms with Crippen LogP contribution in [0.5, 0.6) is 0 Å². The highest BCUT2D eigenvalue weighted by atomic mass is 16.5. The van der Waals surface area contributed by atoms with Gasteiger partial charge in [0, 0.05) is 0 Å². The molecule has 4 heteroatoms. The van der Waals surface area contributed by atoms with Gasteiger partial charge in [-0.15, -0.1) is 0 Å². The summed E-state index contributed by atoms with van der Waals surface area (Å²) < 4.78 is 10.0. The van der Waals surface area contributed by atoms with Crippen molar-refractivity contribution >= 4 is 11.9 Å². The molecule has 1 unspecified atom stereocenters. The summed E-state index contributed by atoms with van der Waals surface area (Å²) in [6, 6.07) is 0. The van der Waals surface area contributed by atoms with Gasteiger partial charge in [0.05, 0.1) is 25.6 Å². The first-order valence-electron chi connectivity index (χ1n) is 6.45. The number of hydrogen-bond acceptors (Lipinski definition) is 4. The average Bonchev–Trinajstić information content (AvgIpc) is 2.32. The lowest BCUT2D eigenvalue weighted by atomic mass is 10.2. The van der Waals surface area contributed by atoms with Crippen molar-refractivity contribution in [2.75, 3.05) is 6.61 Å². The maximum Gasteiger partial charge on any atom is 0.306 e. The van der Waals surface area contributed by atoms with E-state index < -0.39 is 0 Å². The van der Waals surface area contributed by atoms with Gasteiger partial charge in [0.2, 0.25) is 0 Å². The van der Waals surface area contributed by atoms with Crippen LogP contribution in [0.4, 0.5) is 0 Å². The summed E-state index contributed by atoms with van der Waals surface area (Å²) in [5.41, 5.74) is 0. The van der Waals surface area contributed by atoms with Crippen LogP contribution in [-0.2, 0) is 19.1 Å². The second-order valence-electron chi connectivity index (χ2n) is 4.14. The summed E-state index contributed by atoms with van der Waals surface area (Å²) in [6.45, 7) is 6.32. The third-order valence-corrected chi connectivity index (χ3v) is 2.45. The molecule has 0 radical (unpaired) electrons. The fourth-order valence-electron chi connectivity index (χ4n) is 1.18. The van der Waals surface area contributed by atoms with Gasteiger partial charge in [0.1, 0.15) is 0 Å². The SMILES string of the molecule is CCCCCOC(=O)CCC(=O)OC(C)CC. The van der Waals surface area contributed by atoms with E-state index >= 15 is 0 Å². The van der Waals surface area contributed by atoms with E-state index in [0.29, 0.717) is 6.61 Å². The van der Waals surface area contributed by atoms with E-state index in [9.17, 15) is 9.59 Å². The quantitative estimate of drug-likeness (QED) is 0.462. The summed E-state index contributed by atoms with van der Waals surface area (Å²) in [6.07, 6.45) is 3.97. The summed E-state index contributed by atoms with van der Waals surface area (Å²) in [7, 11) is 0. The molecule has 0 aromatic heterocycles. The Morgan fingerprint density at radius 3 is 2.29 bits per heavy atom. The molecule has 0 fully saturated rings. The summed E-state index contributed by atoms with van der Waals surface area (Å²) in [5.74, 6) is -0.646. The second-order valence-corrected chi connectivity index (χ2v) is 4.14. The average molecular weight is 244 g/mol. The van der Waals surface area contributed by atoms with Crippen molar-refractivity contribution in [1.82, 2.24) is 0 Å². The van der Waals surface area contributed by atoms with Gasteiger partial charge < -0.3 is 9.47 Å². The molecule has 0 heterocycles. The van der Waals surface area contributed by atoms with Crippen LogP contribution in [0.25, 0.3) is 0 Å². The fourth-order valence-corrected chi connectivity index (χ4v) is 1.18. The van der Waals surface area contributed by atoms with Gasteiger partial charge in [-0.05, 0) is 19.8 Å². The molecule has 0 rings (SSSR count). The van der Waals surface area contributed by atoms with Crippen LogP contribution in [0.1, 0.15) is 59.3 Å². The first kappa shape index (κ1) is 15.9. The van der Waals surface area contributed by atoms with E-state index in [-0.39, 0.29) is 30.9 Å². The van der Waals surface area contributed by atoms with Crippen LogP contribution in [-0.4, -0.2) is 24.6 Å². The normalized spacial score (nSPS) is 11.9. The van der Waals surface area contributed by atoms with Crippen molar-refractivity contribution in [2.45, 2.75) is 65.4 Å². The third-order valence-electron chi connectivity index (χ3n) is 2.45. The maximum atomic E-state index is 11.3. The van der Waals surface area contributed by atoms with E-state index in [4.69, 9.17) is 9.47 Å². The van der Waals surface area contributed by atoms with Gasteiger partial charge in [0.15, 0.2) is 0 Å². The van der Waals surface area contributed by atoms with Crippen molar-refractivity contribution < 1.29 is 19.1 Å². The summed E-state index contributed by atoms with van der Waals surface area (Å²) >= 11 is 0. The molecule has 0 saturated heterocycles. The summed E-state index contributed by atoms with van der Waals surface area (Å²) in [4.78, 5) is 22.5. The number of rotatable bonds is 9. The number of carbonyl (C=O) groups is 2. The van der Waals surface area contributed by atoms with Gasteiger partial charge >= 0.3 is 11.9 Å². The Labute approximate surface area is 104 Å². The van der Waals surface area contributed by atoms with Crippen molar-refractivity contribution in [1.29, 1.82) is 0 Å². The van der Waals surface area contributed by atoms with E-state index in [1.807, 2.05) is 13.8 Å². The van der Waals surface area contributed by atoms with Crippen molar-refractivity contribution in [2.24, 2.45) is 0 Å². The number of hydrogen-bond donors (Lipinski definition) is 0. The molecule has 0 spiro atoms. The topological polar surface area (TPSA) is 52.6 Å². The lowest BCUT2D eigenvalue weighted by molar-refractivity contribution is -0.153. The van der Waals surface area contributed by atoms with E-state index in [1.165, 1.54) is 0 Å². The third kappa shape index (κ3) is 9.85. The molecule has 17 heavy (non-hydrogen) atoms. The number of esters is 2. The zero-order valence-electron chi connectivity index (χ0n) is 11.2. The minimum atomic E-state index is -0.329. The zero-order valence-corrected chi connectivity index (χ0v) is 11.2. The molecule has 0 amide bonds. The van der Waals surface area contributed by atoms with Crippen LogP contribution in [0.3, 0.4) is 0 Å². The Bertz CT molecular complexity index is 225. The molecular weight excluding hydrogens is 220 g/mol. The number of unbranched alkanes of at least 4 members (excludes halogenated alkanes) is 2. The number of ether oxygens (including phenoxy) is 2. The molecule has 0 aliphatic carbocycles. The first-order valence-corrected chi connectivity index (χ1v) is 6.45. The molecule has 0 N–H and O–H groups in total. The fraction of sp³-hybridized carbons (Fsp3) is 0.846. The maximum absolute atomic E-state index is 11.3. The minimum Gasteiger partial charge on any atom is -0.466 e. The minimum absolute atomic E-state index is 0.0805. The molecular formula is C13H24O4. The van der Waals surface area contributed by atoms with Crippen molar-refractivity contribution in [3.63, 3.8) is 0 Å². The summed E-state index contributed by atoms with van der Waals surface area (Å²) in [5, 5.41) is 0. The molecule has 0 bridgehead atoms. The molecule has 100 valence electrons. The molecule has 0 aliphatic rings. The van der Waals surface area contributed by atoms with E-state index in [0.717, 1.165) is 25.7 Å². The van der Waals surface area contributed by atoms with Crippen LogP contribution in [0.15, 0.2) is 0 Å².